The van der Waals surface area contributed by atoms with Gasteiger partial charge in [-0.2, -0.15) is 8.42 Å². The standard InChI is InChI=1S/C18H21N3O7S3/c1-8-11(14(18(24)25)21-13(8)12(9(2)22)16(21)23)10-6-20-7-19-15(17(20)30-10)29-5-4-28-31(3,26)27/h6-9,12-13,22H,4-5H2,1-3H3,(H,24,25)/t8-,9+,12+,13+/m0/s1. The van der Waals surface area contributed by atoms with E-state index in [2.05, 4.69) is 4.98 Å². The van der Waals surface area contributed by atoms with Gasteiger partial charge in [0.2, 0.25) is 5.91 Å². The summed E-state index contributed by atoms with van der Waals surface area (Å²) in [6.07, 6.45) is 3.52. The van der Waals surface area contributed by atoms with Crippen molar-refractivity contribution in [2.45, 2.75) is 31.0 Å². The highest BCUT2D eigenvalue weighted by Gasteiger charge is 2.60. The number of fused-ring (bicyclic) bond motifs is 2. The smallest absolute Gasteiger partial charge is 0.352 e. The van der Waals surface area contributed by atoms with Crippen LogP contribution in [0.1, 0.15) is 18.7 Å². The van der Waals surface area contributed by atoms with Crippen molar-refractivity contribution in [1.82, 2.24) is 14.3 Å². The molecule has 0 aromatic carbocycles. The van der Waals surface area contributed by atoms with Crippen molar-refractivity contribution in [2.24, 2.45) is 11.8 Å². The van der Waals surface area contributed by atoms with Gasteiger partial charge in [0, 0.05) is 23.4 Å². The number of carbonyl (C=O) groups excluding carboxylic acids is 1. The van der Waals surface area contributed by atoms with Crippen molar-refractivity contribution < 1.29 is 32.4 Å². The number of aromatic nitrogens is 2. The van der Waals surface area contributed by atoms with Crippen molar-refractivity contribution in [3.8, 4) is 0 Å². The number of carbonyl (C=O) groups is 2. The number of carboxylic acids is 1. The Kier molecular flexibility index (Phi) is 5.67. The van der Waals surface area contributed by atoms with Crippen molar-refractivity contribution >= 4 is 55.5 Å². The maximum Gasteiger partial charge on any atom is 0.352 e. The van der Waals surface area contributed by atoms with Gasteiger partial charge in [-0.1, -0.05) is 6.92 Å². The number of carboxylic acid groups (broad SMARTS) is 1. The van der Waals surface area contributed by atoms with Crippen LogP contribution in [0.2, 0.25) is 0 Å². The minimum Gasteiger partial charge on any atom is -0.477 e. The van der Waals surface area contributed by atoms with Gasteiger partial charge in [0.25, 0.3) is 10.1 Å². The fourth-order valence-corrected chi connectivity index (χ4v) is 6.83. The Morgan fingerprint density at radius 2 is 2.16 bits per heavy atom. The molecule has 10 nitrogen and oxygen atoms in total. The topological polar surface area (TPSA) is 139 Å². The summed E-state index contributed by atoms with van der Waals surface area (Å²) in [5, 5.41) is 20.5. The number of aliphatic carboxylic acids is 1. The summed E-state index contributed by atoms with van der Waals surface area (Å²) in [6.45, 7) is 3.44. The summed E-state index contributed by atoms with van der Waals surface area (Å²) in [5.74, 6) is -2.03. The number of aliphatic hydroxyl groups excluding tert-OH is 1. The monoisotopic (exact) mass is 487 g/mol. The second-order valence-electron chi connectivity index (χ2n) is 7.55. The normalized spacial score (nSPS) is 24.6. The predicted molar refractivity (Wildman–Crippen MR) is 114 cm³/mol. The van der Waals surface area contributed by atoms with Gasteiger partial charge in [-0.25, -0.2) is 9.78 Å². The van der Waals surface area contributed by atoms with Crippen LogP contribution in [0.25, 0.3) is 10.4 Å². The summed E-state index contributed by atoms with van der Waals surface area (Å²) in [6, 6.07) is -0.379. The van der Waals surface area contributed by atoms with Gasteiger partial charge in [0.1, 0.15) is 21.9 Å². The molecule has 0 saturated carbocycles. The van der Waals surface area contributed by atoms with Gasteiger partial charge in [0.05, 0.1) is 35.8 Å². The number of thiazole rings is 1. The van der Waals surface area contributed by atoms with Crippen molar-refractivity contribution in [1.29, 1.82) is 0 Å². The number of nitrogens with zero attached hydrogens (tertiary/aromatic N) is 3. The second-order valence-corrected chi connectivity index (χ2v) is 11.3. The SMILES string of the molecule is C[C@@H](O)[C@H]1C(=O)N2C(C(=O)O)=C(c3cn4cnc(SCCOS(C)(=O)=O)c4s3)[C@H](C)[C@H]12. The van der Waals surface area contributed by atoms with Crippen LogP contribution in [0.3, 0.4) is 0 Å². The number of amides is 1. The molecule has 1 fully saturated rings. The molecule has 2 aliphatic rings. The quantitative estimate of drug-likeness (QED) is 0.243. The molecule has 0 unspecified atom stereocenters. The van der Waals surface area contributed by atoms with Crippen LogP contribution >= 0.6 is 23.1 Å². The molecule has 2 aromatic rings. The number of β-lactam (4-membered cyclic amide) rings is 1. The summed E-state index contributed by atoms with van der Waals surface area (Å²) < 4.78 is 28.7. The largest absolute Gasteiger partial charge is 0.477 e. The van der Waals surface area contributed by atoms with Gasteiger partial charge < -0.3 is 15.1 Å². The first-order valence-electron chi connectivity index (χ1n) is 9.44. The summed E-state index contributed by atoms with van der Waals surface area (Å²) in [5.41, 5.74) is 0.534. The maximum absolute atomic E-state index is 12.5. The number of aliphatic hydroxyl groups is 1. The third-order valence-electron chi connectivity index (χ3n) is 5.44. The van der Waals surface area contributed by atoms with Crippen LogP contribution in [0, 0.1) is 11.8 Å². The van der Waals surface area contributed by atoms with Crippen LogP contribution in [-0.2, 0) is 23.9 Å². The predicted octanol–water partition coefficient (Wildman–Crippen LogP) is 1.12. The highest BCUT2D eigenvalue weighted by molar-refractivity contribution is 7.99. The molecular formula is C18H21N3O7S3. The van der Waals surface area contributed by atoms with E-state index in [0.29, 0.717) is 21.2 Å². The lowest BCUT2D eigenvalue weighted by molar-refractivity contribution is -0.163. The second kappa shape index (κ2) is 7.89. The Balaban J connectivity index is 1.63. The average Bonchev–Trinajstić information content (AvgIpc) is 3.28. The third-order valence-corrected chi connectivity index (χ3v) is 8.25. The van der Waals surface area contributed by atoms with Crippen LogP contribution in [0.5, 0.6) is 0 Å². The van der Waals surface area contributed by atoms with E-state index in [1.54, 1.807) is 23.8 Å². The van der Waals surface area contributed by atoms with Gasteiger partial charge in [0.15, 0.2) is 0 Å². The molecule has 31 heavy (non-hydrogen) atoms. The van der Waals surface area contributed by atoms with Crippen LogP contribution in [0.15, 0.2) is 23.2 Å². The van der Waals surface area contributed by atoms with Crippen molar-refractivity contribution in [3.63, 3.8) is 0 Å². The first-order valence-corrected chi connectivity index (χ1v) is 13.1. The summed E-state index contributed by atoms with van der Waals surface area (Å²) in [7, 11) is -3.50. The maximum atomic E-state index is 12.5. The van der Waals surface area contributed by atoms with E-state index in [4.69, 9.17) is 4.18 Å². The number of thioether (sulfide) groups is 1. The molecule has 0 radical (unpaired) electrons. The minimum atomic E-state index is -3.50. The lowest BCUT2D eigenvalue weighted by atomic mass is 9.77. The highest BCUT2D eigenvalue weighted by atomic mass is 32.2. The Morgan fingerprint density at radius 3 is 2.77 bits per heavy atom. The van der Waals surface area contributed by atoms with Crippen LogP contribution in [-0.4, -0.2) is 75.6 Å². The van der Waals surface area contributed by atoms with E-state index >= 15 is 0 Å². The molecule has 1 amide bonds. The van der Waals surface area contributed by atoms with Crippen molar-refractivity contribution in [2.75, 3.05) is 18.6 Å². The molecular weight excluding hydrogens is 466 g/mol. The Bertz CT molecular complexity index is 1200. The first-order chi connectivity index (χ1) is 14.5. The average molecular weight is 488 g/mol. The Labute approximate surface area is 186 Å². The molecule has 2 aromatic heterocycles. The van der Waals surface area contributed by atoms with Crippen molar-refractivity contribution in [3.05, 3.63) is 23.1 Å². The number of hydrogen-bond acceptors (Lipinski definition) is 9. The number of hydrogen-bond donors (Lipinski definition) is 2. The molecule has 13 heteroatoms. The third kappa shape index (κ3) is 3.78. The van der Waals surface area contributed by atoms with Gasteiger partial charge in [-0.05, 0) is 6.92 Å². The van der Waals surface area contributed by atoms with Crippen LogP contribution < -0.4 is 0 Å². The zero-order valence-electron chi connectivity index (χ0n) is 16.9. The zero-order valence-corrected chi connectivity index (χ0v) is 19.3. The number of imidazole rings is 1. The van der Waals surface area contributed by atoms with E-state index in [9.17, 15) is 28.2 Å². The molecule has 0 spiro atoms. The van der Waals surface area contributed by atoms with Crippen LogP contribution in [0.4, 0.5) is 0 Å². The zero-order chi connectivity index (χ0) is 22.7. The molecule has 168 valence electrons. The van der Waals surface area contributed by atoms with Gasteiger partial charge >= 0.3 is 5.97 Å². The Hall–Kier alpha value is -1.93. The van der Waals surface area contributed by atoms with Gasteiger partial charge in [-0.15, -0.1) is 23.1 Å². The molecule has 4 atom stereocenters. The molecule has 4 heterocycles. The molecule has 1 saturated heterocycles. The fourth-order valence-electron chi connectivity index (χ4n) is 4.22. The van der Waals surface area contributed by atoms with E-state index in [0.717, 1.165) is 11.1 Å². The fraction of sp³-hybridized carbons (Fsp3) is 0.500. The lowest BCUT2D eigenvalue weighted by Crippen LogP contribution is -2.63. The van der Waals surface area contributed by atoms with E-state index < -0.39 is 28.1 Å². The molecule has 4 rings (SSSR count). The molecule has 0 bridgehead atoms. The Morgan fingerprint density at radius 1 is 1.45 bits per heavy atom. The highest BCUT2D eigenvalue weighted by Crippen LogP contribution is 2.51. The summed E-state index contributed by atoms with van der Waals surface area (Å²) in [4.78, 5) is 31.7. The molecule has 0 aliphatic carbocycles. The van der Waals surface area contributed by atoms with E-state index in [1.807, 2.05) is 6.92 Å². The number of rotatable bonds is 8. The molecule has 2 aliphatic heterocycles. The van der Waals surface area contributed by atoms with Gasteiger partial charge in [-0.3, -0.25) is 13.4 Å². The molecule has 2 N–H and O–H groups in total. The van der Waals surface area contributed by atoms with E-state index in [-0.39, 0.29) is 30.2 Å². The van der Waals surface area contributed by atoms with E-state index in [1.165, 1.54) is 28.0 Å². The first kappa shape index (κ1) is 22.3. The minimum absolute atomic E-state index is 0.0194. The summed E-state index contributed by atoms with van der Waals surface area (Å²) >= 11 is 2.70. The lowest BCUT2D eigenvalue weighted by Gasteiger charge is -2.46.